The maximum absolute atomic E-state index is 10.7. The predicted octanol–water partition coefficient (Wildman–Crippen LogP) is 3.55. The van der Waals surface area contributed by atoms with Crippen molar-refractivity contribution in [3.05, 3.63) is 34.9 Å². The van der Waals surface area contributed by atoms with Gasteiger partial charge >= 0.3 is 5.97 Å². The second-order valence-electron chi connectivity index (χ2n) is 6.12. The van der Waals surface area contributed by atoms with E-state index in [2.05, 4.69) is 43.9 Å². The van der Waals surface area contributed by atoms with Gasteiger partial charge in [0, 0.05) is 19.0 Å². The van der Waals surface area contributed by atoms with Crippen LogP contribution >= 0.6 is 0 Å². The van der Waals surface area contributed by atoms with Gasteiger partial charge in [-0.3, -0.25) is 9.69 Å². The molecule has 2 atom stereocenters. The molecular weight excluding hydrogens is 250 g/mol. The SMILES string of the molecule is Cc1ccc(C(C)N2CCC(CCC(=O)O)C2)c(C)c1. The van der Waals surface area contributed by atoms with Crippen LogP contribution < -0.4 is 0 Å². The van der Waals surface area contributed by atoms with Gasteiger partial charge in [0.05, 0.1) is 0 Å². The number of hydrogen-bond acceptors (Lipinski definition) is 2. The number of carboxylic acids is 1. The van der Waals surface area contributed by atoms with E-state index in [4.69, 9.17) is 5.11 Å². The van der Waals surface area contributed by atoms with Crippen LogP contribution in [-0.2, 0) is 4.79 Å². The van der Waals surface area contributed by atoms with Crippen molar-refractivity contribution in [1.29, 1.82) is 0 Å². The van der Waals surface area contributed by atoms with Crippen LogP contribution in [0.4, 0.5) is 0 Å². The van der Waals surface area contributed by atoms with Crippen molar-refractivity contribution in [2.24, 2.45) is 5.92 Å². The minimum Gasteiger partial charge on any atom is -0.481 e. The van der Waals surface area contributed by atoms with Crippen molar-refractivity contribution in [2.45, 2.75) is 46.1 Å². The minimum atomic E-state index is -0.675. The highest BCUT2D eigenvalue weighted by Gasteiger charge is 2.27. The third kappa shape index (κ3) is 3.60. The molecular formula is C17H25NO2. The number of rotatable bonds is 5. The first-order valence-corrected chi connectivity index (χ1v) is 7.50. The zero-order chi connectivity index (χ0) is 14.7. The fraction of sp³-hybridized carbons (Fsp3) is 0.588. The Morgan fingerprint density at radius 2 is 2.20 bits per heavy atom. The molecule has 1 aromatic carbocycles. The zero-order valence-corrected chi connectivity index (χ0v) is 12.7. The fourth-order valence-electron chi connectivity index (χ4n) is 3.27. The van der Waals surface area contributed by atoms with E-state index in [0.717, 1.165) is 25.9 Å². The molecule has 0 bridgehead atoms. The maximum atomic E-state index is 10.7. The molecule has 0 aliphatic carbocycles. The van der Waals surface area contributed by atoms with Gasteiger partial charge in [0.15, 0.2) is 0 Å². The number of benzene rings is 1. The van der Waals surface area contributed by atoms with Gasteiger partial charge in [-0.05, 0) is 57.2 Å². The van der Waals surface area contributed by atoms with Crippen LogP contribution in [0.3, 0.4) is 0 Å². The Morgan fingerprint density at radius 3 is 2.85 bits per heavy atom. The quantitative estimate of drug-likeness (QED) is 0.893. The molecule has 1 aliphatic heterocycles. The van der Waals surface area contributed by atoms with Gasteiger partial charge < -0.3 is 5.11 Å². The Balaban J connectivity index is 1.97. The van der Waals surface area contributed by atoms with E-state index in [1.807, 2.05) is 0 Å². The molecule has 1 aromatic rings. The predicted molar refractivity (Wildman–Crippen MR) is 80.9 cm³/mol. The molecule has 0 amide bonds. The number of hydrogen-bond donors (Lipinski definition) is 1. The standard InChI is InChI=1S/C17H25NO2/c1-12-4-6-16(13(2)10-12)14(3)18-9-8-15(11-18)5-7-17(19)20/h4,6,10,14-15H,5,7-9,11H2,1-3H3,(H,19,20). The van der Waals surface area contributed by atoms with Crippen molar-refractivity contribution >= 4 is 5.97 Å². The second-order valence-corrected chi connectivity index (χ2v) is 6.12. The van der Waals surface area contributed by atoms with Crippen LogP contribution in [0.2, 0.25) is 0 Å². The topological polar surface area (TPSA) is 40.5 Å². The van der Waals surface area contributed by atoms with Crippen molar-refractivity contribution in [1.82, 2.24) is 4.90 Å². The number of carbonyl (C=O) groups is 1. The highest BCUT2D eigenvalue weighted by atomic mass is 16.4. The number of carboxylic acid groups (broad SMARTS) is 1. The summed E-state index contributed by atoms with van der Waals surface area (Å²) < 4.78 is 0. The largest absolute Gasteiger partial charge is 0.481 e. The summed E-state index contributed by atoms with van der Waals surface area (Å²) in [7, 11) is 0. The van der Waals surface area contributed by atoms with Gasteiger partial charge in [-0.2, -0.15) is 0 Å². The third-order valence-electron chi connectivity index (χ3n) is 4.51. The van der Waals surface area contributed by atoms with E-state index in [1.165, 1.54) is 16.7 Å². The maximum Gasteiger partial charge on any atom is 0.303 e. The van der Waals surface area contributed by atoms with Crippen molar-refractivity contribution < 1.29 is 9.90 Å². The molecule has 2 unspecified atom stereocenters. The number of aryl methyl sites for hydroxylation is 2. The lowest BCUT2D eigenvalue weighted by molar-refractivity contribution is -0.137. The van der Waals surface area contributed by atoms with E-state index in [0.29, 0.717) is 18.4 Å². The lowest BCUT2D eigenvalue weighted by atomic mass is 9.99. The Bertz CT molecular complexity index is 484. The summed E-state index contributed by atoms with van der Waals surface area (Å²) in [5.74, 6) is -0.134. The van der Waals surface area contributed by atoms with Crippen molar-refractivity contribution in [3.63, 3.8) is 0 Å². The molecule has 2 rings (SSSR count). The summed E-state index contributed by atoms with van der Waals surface area (Å²) in [5, 5.41) is 8.78. The van der Waals surface area contributed by atoms with Gasteiger partial charge in [-0.25, -0.2) is 0 Å². The van der Waals surface area contributed by atoms with E-state index >= 15 is 0 Å². The second kappa shape index (κ2) is 6.40. The van der Waals surface area contributed by atoms with E-state index in [9.17, 15) is 4.79 Å². The van der Waals surface area contributed by atoms with Crippen molar-refractivity contribution in [3.8, 4) is 0 Å². The number of aliphatic carboxylic acids is 1. The molecule has 1 aliphatic rings. The Morgan fingerprint density at radius 1 is 1.45 bits per heavy atom. The Kier molecular flexibility index (Phi) is 4.81. The number of nitrogens with zero attached hydrogens (tertiary/aromatic N) is 1. The molecule has 1 fully saturated rings. The monoisotopic (exact) mass is 275 g/mol. The molecule has 1 N–H and O–H groups in total. The Hall–Kier alpha value is -1.35. The van der Waals surface area contributed by atoms with Crippen LogP contribution in [0.25, 0.3) is 0 Å². The molecule has 3 heteroatoms. The lowest BCUT2D eigenvalue weighted by Crippen LogP contribution is -2.25. The van der Waals surface area contributed by atoms with Gasteiger partial charge in [0.2, 0.25) is 0 Å². The molecule has 0 spiro atoms. The average Bonchev–Trinajstić information content (AvgIpc) is 2.84. The summed E-state index contributed by atoms with van der Waals surface area (Å²) in [4.78, 5) is 13.1. The minimum absolute atomic E-state index is 0.302. The average molecular weight is 275 g/mol. The smallest absolute Gasteiger partial charge is 0.303 e. The van der Waals surface area contributed by atoms with E-state index in [-0.39, 0.29) is 0 Å². The van der Waals surface area contributed by atoms with Gasteiger partial charge in [-0.1, -0.05) is 23.8 Å². The van der Waals surface area contributed by atoms with Gasteiger partial charge in [0.1, 0.15) is 0 Å². The first-order valence-electron chi connectivity index (χ1n) is 7.50. The lowest BCUT2D eigenvalue weighted by Gasteiger charge is -2.26. The summed E-state index contributed by atoms with van der Waals surface area (Å²) in [6.45, 7) is 8.67. The molecule has 1 heterocycles. The zero-order valence-electron chi connectivity index (χ0n) is 12.7. The van der Waals surface area contributed by atoms with Gasteiger partial charge in [0.25, 0.3) is 0 Å². The molecule has 20 heavy (non-hydrogen) atoms. The Labute approximate surface area is 121 Å². The first-order chi connectivity index (χ1) is 9.47. The summed E-state index contributed by atoms with van der Waals surface area (Å²) >= 11 is 0. The highest BCUT2D eigenvalue weighted by Crippen LogP contribution is 2.31. The molecule has 1 saturated heterocycles. The van der Waals surface area contributed by atoms with Crippen LogP contribution in [0.1, 0.15) is 48.9 Å². The normalized spacial score (nSPS) is 21.1. The molecule has 0 saturated carbocycles. The molecule has 3 nitrogen and oxygen atoms in total. The molecule has 110 valence electrons. The third-order valence-corrected chi connectivity index (χ3v) is 4.51. The summed E-state index contributed by atoms with van der Waals surface area (Å²) in [6, 6.07) is 7.08. The van der Waals surface area contributed by atoms with Crippen LogP contribution in [0.5, 0.6) is 0 Å². The van der Waals surface area contributed by atoms with Crippen LogP contribution in [0, 0.1) is 19.8 Å². The first kappa shape index (κ1) is 15.0. The van der Waals surface area contributed by atoms with Gasteiger partial charge in [-0.15, -0.1) is 0 Å². The molecule has 0 aromatic heterocycles. The molecule has 0 radical (unpaired) electrons. The summed E-state index contributed by atoms with van der Waals surface area (Å²) in [5.41, 5.74) is 4.06. The fourth-order valence-corrected chi connectivity index (χ4v) is 3.27. The van der Waals surface area contributed by atoms with Crippen LogP contribution in [0.15, 0.2) is 18.2 Å². The summed E-state index contributed by atoms with van der Waals surface area (Å²) in [6.07, 6.45) is 2.24. The highest BCUT2D eigenvalue weighted by molar-refractivity contribution is 5.66. The van der Waals surface area contributed by atoms with Crippen molar-refractivity contribution in [2.75, 3.05) is 13.1 Å². The van der Waals surface area contributed by atoms with E-state index in [1.54, 1.807) is 0 Å². The van der Waals surface area contributed by atoms with E-state index < -0.39 is 5.97 Å². The van der Waals surface area contributed by atoms with Crippen LogP contribution in [-0.4, -0.2) is 29.1 Å². The number of likely N-dealkylation sites (tertiary alicyclic amines) is 1.